The quantitative estimate of drug-likeness (QED) is 0.523. The molecule has 0 saturated carbocycles. The molecule has 4 atom stereocenters. The lowest BCUT2D eigenvalue weighted by Crippen LogP contribution is -2.49. The second-order valence-electron chi connectivity index (χ2n) is 3.35. The maximum Gasteiger partial charge on any atom is 0.275 e. The molecule has 11 heteroatoms. The summed E-state index contributed by atoms with van der Waals surface area (Å²) in [6.45, 7) is -0.579. The van der Waals surface area contributed by atoms with Gasteiger partial charge < -0.3 is 29.0 Å². The summed E-state index contributed by atoms with van der Waals surface area (Å²) in [5, 5.41) is 18.3. The van der Waals surface area contributed by atoms with Crippen molar-refractivity contribution >= 4 is 15.6 Å². The molecule has 16 heavy (non-hydrogen) atoms. The van der Waals surface area contributed by atoms with Crippen LogP contribution in [0.15, 0.2) is 0 Å². The molecular formula is C5H10O9P2-2. The molecule has 1 fully saturated rings. The molecule has 1 heterocycles. The zero-order valence-electron chi connectivity index (χ0n) is 8.14. The monoisotopic (exact) mass is 276 g/mol. The smallest absolute Gasteiger partial charge is 0.275 e. The van der Waals surface area contributed by atoms with Crippen molar-refractivity contribution in [2.45, 2.75) is 18.6 Å². The van der Waals surface area contributed by atoms with Gasteiger partial charge in [0, 0.05) is 0 Å². The summed E-state index contributed by atoms with van der Waals surface area (Å²) in [6, 6.07) is 0. The van der Waals surface area contributed by atoms with E-state index in [1.807, 2.05) is 0 Å². The van der Waals surface area contributed by atoms with Crippen LogP contribution in [-0.4, -0.2) is 35.1 Å². The molecule has 0 bridgehead atoms. The first kappa shape index (κ1) is 14.2. The lowest BCUT2D eigenvalue weighted by atomic mass is 10.0. The van der Waals surface area contributed by atoms with Crippen LogP contribution in [0.1, 0.15) is 6.92 Å². The average molecular weight is 276 g/mol. The normalized spacial score (nSPS) is 50.7. The second kappa shape index (κ2) is 4.45. The van der Waals surface area contributed by atoms with Crippen molar-refractivity contribution in [2.75, 3.05) is 13.2 Å². The van der Waals surface area contributed by atoms with Gasteiger partial charge in [-0.15, -0.1) is 0 Å². The van der Waals surface area contributed by atoms with Crippen molar-refractivity contribution in [3.05, 3.63) is 0 Å². The highest BCUT2D eigenvalue weighted by Crippen LogP contribution is 2.59. The maximum absolute atomic E-state index is 11.1. The van der Waals surface area contributed by atoms with Gasteiger partial charge in [0.25, 0.3) is 15.6 Å². The van der Waals surface area contributed by atoms with E-state index >= 15 is 0 Å². The molecule has 1 rings (SSSR count). The predicted molar refractivity (Wildman–Crippen MR) is 44.8 cm³/mol. The van der Waals surface area contributed by atoms with E-state index in [2.05, 4.69) is 13.4 Å². The molecule has 1 saturated heterocycles. The molecule has 2 unspecified atom stereocenters. The number of aliphatic hydroxyl groups excluding tert-OH is 2. The van der Waals surface area contributed by atoms with Gasteiger partial charge >= 0.3 is 0 Å². The van der Waals surface area contributed by atoms with Gasteiger partial charge in [-0.1, -0.05) is 0 Å². The van der Waals surface area contributed by atoms with Gasteiger partial charge in [-0.05, 0) is 6.92 Å². The fraction of sp³-hybridized carbons (Fsp3) is 1.00. The van der Waals surface area contributed by atoms with Gasteiger partial charge in [-0.3, -0.25) is 9.13 Å². The van der Waals surface area contributed by atoms with Crippen molar-refractivity contribution in [3.63, 3.8) is 0 Å². The lowest BCUT2D eigenvalue weighted by Gasteiger charge is -2.42. The molecule has 0 aliphatic carbocycles. The third-order valence-electron chi connectivity index (χ3n) is 1.93. The molecule has 96 valence electrons. The summed E-state index contributed by atoms with van der Waals surface area (Å²) in [5.41, 5.74) is -1.92. The van der Waals surface area contributed by atoms with Crippen LogP contribution < -0.4 is 9.79 Å². The Morgan fingerprint density at radius 2 is 2.00 bits per heavy atom. The Bertz CT molecular complexity index is 356. The van der Waals surface area contributed by atoms with E-state index in [1.165, 1.54) is 0 Å². The third kappa shape index (κ3) is 3.33. The van der Waals surface area contributed by atoms with Gasteiger partial charge in [0.05, 0.1) is 13.2 Å². The lowest BCUT2D eigenvalue weighted by molar-refractivity contribution is -0.265. The summed E-state index contributed by atoms with van der Waals surface area (Å²) in [4.78, 5) is 21.9. The third-order valence-corrected chi connectivity index (χ3v) is 4.64. The Morgan fingerprint density at radius 3 is 2.50 bits per heavy atom. The fourth-order valence-electron chi connectivity index (χ4n) is 0.951. The highest BCUT2D eigenvalue weighted by Gasteiger charge is 2.41. The van der Waals surface area contributed by atoms with Crippen LogP contribution in [-0.2, 0) is 22.5 Å². The zero-order valence-corrected chi connectivity index (χ0v) is 9.93. The standard InChI is InChI=1S/C5H12O9P2/c1-5(3-6)4(7)2-12-15(8,9)14-16(10,11)13-5/h4,6-7H,2-3H2,1H3,(H,8,9)(H,10,11)/p-2/t4-,5+/m1/s1. The number of aliphatic hydroxyl groups is 2. The summed E-state index contributed by atoms with van der Waals surface area (Å²) in [6.07, 6.45) is -1.65. The summed E-state index contributed by atoms with van der Waals surface area (Å²) < 4.78 is 33.9. The maximum atomic E-state index is 11.1. The topological polar surface area (TPSA) is 148 Å². The van der Waals surface area contributed by atoms with Gasteiger partial charge in [0.15, 0.2) is 0 Å². The van der Waals surface area contributed by atoms with Crippen LogP contribution in [0.3, 0.4) is 0 Å². The molecule has 0 aromatic heterocycles. The first-order chi connectivity index (χ1) is 7.10. The minimum atomic E-state index is -5.23. The van der Waals surface area contributed by atoms with Crippen molar-refractivity contribution in [3.8, 4) is 0 Å². The second-order valence-corrected chi connectivity index (χ2v) is 6.23. The molecule has 0 spiro atoms. The predicted octanol–water partition coefficient (Wildman–Crippen LogP) is -1.90. The summed E-state index contributed by atoms with van der Waals surface area (Å²) in [7, 11) is -10.3. The van der Waals surface area contributed by atoms with E-state index in [4.69, 9.17) is 5.11 Å². The van der Waals surface area contributed by atoms with E-state index in [0.717, 1.165) is 6.92 Å². The molecule has 0 aromatic rings. The first-order valence-electron chi connectivity index (χ1n) is 4.08. The molecule has 9 nitrogen and oxygen atoms in total. The molecule has 0 aromatic carbocycles. The largest absolute Gasteiger partial charge is 0.756 e. The Hall–Kier alpha value is 0.180. The highest BCUT2D eigenvalue weighted by atomic mass is 31.3. The van der Waals surface area contributed by atoms with Gasteiger partial charge in [-0.25, -0.2) is 4.31 Å². The number of hydrogen-bond acceptors (Lipinski definition) is 9. The molecule has 0 amide bonds. The summed E-state index contributed by atoms with van der Waals surface area (Å²) in [5.74, 6) is 0. The average Bonchev–Trinajstić information content (AvgIpc) is 2.10. The van der Waals surface area contributed by atoms with E-state index in [0.29, 0.717) is 0 Å². The van der Waals surface area contributed by atoms with Crippen LogP contribution in [0, 0.1) is 0 Å². The van der Waals surface area contributed by atoms with Crippen molar-refractivity contribution in [1.82, 2.24) is 0 Å². The Morgan fingerprint density at radius 1 is 1.44 bits per heavy atom. The van der Waals surface area contributed by atoms with Gasteiger partial charge in [0.1, 0.15) is 11.7 Å². The van der Waals surface area contributed by atoms with Crippen LogP contribution in [0.5, 0.6) is 0 Å². The number of phosphoric ester groups is 2. The van der Waals surface area contributed by atoms with E-state index < -0.39 is 40.6 Å². The molecule has 1 aliphatic rings. The number of rotatable bonds is 1. The molecular weight excluding hydrogens is 266 g/mol. The summed E-state index contributed by atoms with van der Waals surface area (Å²) >= 11 is 0. The minimum absolute atomic E-state index is 0.780. The van der Waals surface area contributed by atoms with E-state index in [-0.39, 0.29) is 0 Å². The Balaban J connectivity index is 3.01. The minimum Gasteiger partial charge on any atom is -0.756 e. The first-order valence-corrected chi connectivity index (χ1v) is 7.00. The molecule has 0 radical (unpaired) electrons. The SMILES string of the molecule is C[C@@]1(CO)OP(=O)([O-])OP(=O)([O-])OC[C@H]1O. The van der Waals surface area contributed by atoms with Crippen LogP contribution >= 0.6 is 15.6 Å². The van der Waals surface area contributed by atoms with Crippen LogP contribution in [0.4, 0.5) is 0 Å². The van der Waals surface area contributed by atoms with Crippen molar-refractivity contribution in [1.29, 1.82) is 0 Å². The molecule has 2 N–H and O–H groups in total. The van der Waals surface area contributed by atoms with E-state index in [9.17, 15) is 24.0 Å². The van der Waals surface area contributed by atoms with Gasteiger partial charge in [-0.2, -0.15) is 0 Å². The Kier molecular flexibility index (Phi) is 3.96. The number of hydrogen-bond donors (Lipinski definition) is 2. The Labute approximate surface area is 90.8 Å². The fourth-order valence-corrected chi connectivity index (χ4v) is 3.27. The van der Waals surface area contributed by atoms with Gasteiger partial charge in [0.2, 0.25) is 0 Å². The van der Waals surface area contributed by atoms with Crippen LogP contribution in [0.25, 0.3) is 0 Å². The van der Waals surface area contributed by atoms with E-state index in [1.54, 1.807) is 0 Å². The zero-order chi connectivity index (χ0) is 12.6. The highest BCUT2D eigenvalue weighted by molar-refractivity contribution is 7.59. The van der Waals surface area contributed by atoms with Crippen molar-refractivity contribution in [2.24, 2.45) is 0 Å². The number of phosphoric acid groups is 2. The van der Waals surface area contributed by atoms with Crippen LogP contribution in [0.2, 0.25) is 0 Å². The molecule has 1 aliphatic heterocycles. The van der Waals surface area contributed by atoms with Crippen molar-refractivity contribution < 1.29 is 42.5 Å².